The molecule has 2 atom stereocenters. The molecular formula is C12H20O. The van der Waals surface area contributed by atoms with Crippen LogP contribution >= 0.6 is 0 Å². The molecule has 13 heavy (non-hydrogen) atoms. The summed E-state index contributed by atoms with van der Waals surface area (Å²) >= 11 is 0. The molecule has 1 nitrogen and oxygen atoms in total. The van der Waals surface area contributed by atoms with E-state index in [0.29, 0.717) is 11.3 Å². The van der Waals surface area contributed by atoms with Crippen molar-refractivity contribution in [3.8, 4) is 11.8 Å². The van der Waals surface area contributed by atoms with Gasteiger partial charge in [-0.15, -0.1) is 5.92 Å². The second-order valence-corrected chi connectivity index (χ2v) is 5.07. The van der Waals surface area contributed by atoms with Crippen LogP contribution in [0, 0.1) is 23.2 Å². The Morgan fingerprint density at radius 3 is 2.38 bits per heavy atom. The first-order valence-electron chi connectivity index (χ1n) is 5.06. The van der Waals surface area contributed by atoms with Crippen molar-refractivity contribution in [3.63, 3.8) is 0 Å². The summed E-state index contributed by atoms with van der Waals surface area (Å²) in [5.41, 5.74) is -0.342. The predicted octanol–water partition coefficient (Wildman–Crippen LogP) is 2.59. The van der Waals surface area contributed by atoms with Gasteiger partial charge >= 0.3 is 0 Å². The normalized spacial score (nSPS) is 37.8. The highest BCUT2D eigenvalue weighted by molar-refractivity contribution is 5.16. The molecular weight excluding hydrogens is 160 g/mol. The van der Waals surface area contributed by atoms with Gasteiger partial charge in [0.05, 0.1) is 0 Å². The predicted molar refractivity (Wildman–Crippen MR) is 55.2 cm³/mol. The first-order chi connectivity index (χ1) is 5.90. The average Bonchev–Trinajstić information content (AvgIpc) is 1.99. The Morgan fingerprint density at radius 2 is 1.92 bits per heavy atom. The summed E-state index contributed by atoms with van der Waals surface area (Å²) in [6.45, 7) is 8.43. The zero-order chi connectivity index (χ0) is 10.1. The quantitative estimate of drug-likeness (QED) is 0.568. The average molecular weight is 180 g/mol. The van der Waals surface area contributed by atoms with Crippen LogP contribution in [0.3, 0.4) is 0 Å². The van der Waals surface area contributed by atoms with Gasteiger partial charge in [-0.3, -0.25) is 0 Å². The summed E-state index contributed by atoms with van der Waals surface area (Å²) in [7, 11) is 0. The molecule has 1 rings (SSSR count). The van der Waals surface area contributed by atoms with Crippen LogP contribution in [-0.4, -0.2) is 10.7 Å². The molecule has 0 bridgehead atoms. The van der Waals surface area contributed by atoms with Gasteiger partial charge in [0.2, 0.25) is 0 Å². The zero-order valence-electron chi connectivity index (χ0n) is 9.15. The molecule has 0 saturated heterocycles. The Labute approximate surface area is 81.5 Å². The monoisotopic (exact) mass is 180 g/mol. The maximum absolute atomic E-state index is 10.2. The minimum atomic E-state index is -0.718. The highest BCUT2D eigenvalue weighted by Crippen LogP contribution is 2.43. The van der Waals surface area contributed by atoms with E-state index < -0.39 is 5.60 Å². The summed E-state index contributed by atoms with van der Waals surface area (Å²) in [6.07, 6.45) is 2.96. The molecule has 0 aromatic carbocycles. The summed E-state index contributed by atoms with van der Waals surface area (Å²) in [4.78, 5) is 0. The molecule has 74 valence electrons. The Hall–Kier alpha value is -0.480. The molecule has 0 aromatic heterocycles. The van der Waals surface area contributed by atoms with Crippen LogP contribution in [0.1, 0.15) is 47.0 Å². The van der Waals surface area contributed by atoms with Gasteiger partial charge in [0, 0.05) is 0 Å². The van der Waals surface area contributed by atoms with Crippen molar-refractivity contribution in [2.75, 3.05) is 0 Å². The lowest BCUT2D eigenvalue weighted by molar-refractivity contribution is -0.0251. The van der Waals surface area contributed by atoms with Crippen LogP contribution in [0.4, 0.5) is 0 Å². The molecule has 1 heteroatoms. The van der Waals surface area contributed by atoms with Crippen LogP contribution < -0.4 is 0 Å². The third-order valence-corrected chi connectivity index (χ3v) is 3.20. The Kier molecular flexibility index (Phi) is 2.73. The second kappa shape index (κ2) is 3.35. The van der Waals surface area contributed by atoms with E-state index in [-0.39, 0.29) is 0 Å². The molecule has 1 saturated carbocycles. The molecule has 1 fully saturated rings. The van der Waals surface area contributed by atoms with Crippen molar-refractivity contribution >= 4 is 0 Å². The van der Waals surface area contributed by atoms with Gasteiger partial charge in [-0.2, -0.15) is 0 Å². The number of hydrogen-bond acceptors (Lipinski definition) is 1. The Bertz CT molecular complexity index is 244. The highest BCUT2D eigenvalue weighted by Gasteiger charge is 2.41. The minimum Gasteiger partial charge on any atom is -0.377 e. The van der Waals surface area contributed by atoms with E-state index in [1.807, 2.05) is 0 Å². The van der Waals surface area contributed by atoms with Gasteiger partial charge in [-0.25, -0.2) is 0 Å². The van der Waals surface area contributed by atoms with Gasteiger partial charge in [0.25, 0.3) is 0 Å². The van der Waals surface area contributed by atoms with Gasteiger partial charge in [-0.05, 0) is 37.5 Å². The van der Waals surface area contributed by atoms with Gasteiger partial charge in [0.1, 0.15) is 5.60 Å². The van der Waals surface area contributed by atoms with Gasteiger partial charge in [-0.1, -0.05) is 26.7 Å². The van der Waals surface area contributed by atoms with Crippen LogP contribution in [0.25, 0.3) is 0 Å². The maximum Gasteiger partial charge on any atom is 0.128 e. The van der Waals surface area contributed by atoms with E-state index in [4.69, 9.17) is 0 Å². The van der Waals surface area contributed by atoms with Gasteiger partial charge < -0.3 is 5.11 Å². The summed E-state index contributed by atoms with van der Waals surface area (Å²) in [6, 6.07) is 0. The van der Waals surface area contributed by atoms with Crippen molar-refractivity contribution in [1.82, 2.24) is 0 Å². The molecule has 1 aliphatic carbocycles. The van der Waals surface area contributed by atoms with E-state index in [0.717, 1.165) is 19.3 Å². The van der Waals surface area contributed by atoms with E-state index in [1.165, 1.54) is 0 Å². The van der Waals surface area contributed by atoms with E-state index >= 15 is 0 Å². The van der Waals surface area contributed by atoms with Crippen LogP contribution in [0.2, 0.25) is 0 Å². The van der Waals surface area contributed by atoms with Crippen molar-refractivity contribution in [1.29, 1.82) is 0 Å². The zero-order valence-corrected chi connectivity index (χ0v) is 9.15. The molecule has 0 radical (unpaired) electrons. The van der Waals surface area contributed by atoms with Crippen molar-refractivity contribution < 1.29 is 5.11 Å². The molecule has 1 N–H and O–H groups in total. The fourth-order valence-corrected chi connectivity index (χ4v) is 2.28. The molecule has 0 amide bonds. The standard InChI is InChI=1S/C12H20O/c1-5-6-12(13)8-7-11(3,4)9-10(12)2/h10,13H,7-9H2,1-4H3. The topological polar surface area (TPSA) is 20.2 Å². The smallest absolute Gasteiger partial charge is 0.128 e. The van der Waals surface area contributed by atoms with E-state index in [9.17, 15) is 5.11 Å². The molecule has 0 heterocycles. The first-order valence-corrected chi connectivity index (χ1v) is 5.06. The number of hydrogen-bond donors (Lipinski definition) is 1. The fourth-order valence-electron chi connectivity index (χ4n) is 2.28. The molecule has 0 aromatic rings. The number of rotatable bonds is 0. The lowest BCUT2D eigenvalue weighted by Crippen LogP contribution is -2.42. The van der Waals surface area contributed by atoms with Crippen molar-refractivity contribution in [3.05, 3.63) is 0 Å². The van der Waals surface area contributed by atoms with E-state index in [2.05, 4.69) is 32.6 Å². The second-order valence-electron chi connectivity index (χ2n) is 5.07. The third-order valence-electron chi connectivity index (χ3n) is 3.20. The third kappa shape index (κ3) is 2.25. The molecule has 0 spiro atoms. The Morgan fingerprint density at radius 1 is 1.31 bits per heavy atom. The minimum absolute atomic E-state index is 0.295. The largest absolute Gasteiger partial charge is 0.377 e. The van der Waals surface area contributed by atoms with Crippen molar-refractivity contribution in [2.24, 2.45) is 11.3 Å². The van der Waals surface area contributed by atoms with Crippen molar-refractivity contribution in [2.45, 2.75) is 52.6 Å². The maximum atomic E-state index is 10.2. The molecule has 0 aliphatic heterocycles. The fraction of sp³-hybridized carbons (Fsp3) is 0.833. The Balaban J connectivity index is 2.77. The van der Waals surface area contributed by atoms with Crippen LogP contribution in [0.5, 0.6) is 0 Å². The van der Waals surface area contributed by atoms with Crippen LogP contribution in [0.15, 0.2) is 0 Å². The van der Waals surface area contributed by atoms with Gasteiger partial charge in [0.15, 0.2) is 0 Å². The summed E-state index contributed by atoms with van der Waals surface area (Å²) in [5.74, 6) is 6.08. The SMILES string of the molecule is CC#CC1(O)CCC(C)(C)CC1C. The summed E-state index contributed by atoms with van der Waals surface area (Å²) < 4.78 is 0. The lowest BCUT2D eigenvalue weighted by atomic mass is 9.66. The first kappa shape index (κ1) is 10.6. The lowest BCUT2D eigenvalue weighted by Gasteiger charge is -2.42. The number of aliphatic hydroxyl groups is 1. The highest BCUT2D eigenvalue weighted by atomic mass is 16.3. The molecule has 2 unspecified atom stereocenters. The summed E-state index contributed by atoms with van der Waals surface area (Å²) in [5, 5.41) is 10.2. The van der Waals surface area contributed by atoms with E-state index in [1.54, 1.807) is 6.92 Å². The molecule has 1 aliphatic rings. The van der Waals surface area contributed by atoms with Crippen LogP contribution in [-0.2, 0) is 0 Å².